The van der Waals surface area contributed by atoms with Crippen molar-refractivity contribution >= 4 is 18.3 Å². The highest BCUT2D eigenvalue weighted by molar-refractivity contribution is 5.85. The molecule has 106 valence electrons. The van der Waals surface area contributed by atoms with Gasteiger partial charge in [-0.15, -0.1) is 12.4 Å². The van der Waals surface area contributed by atoms with Crippen LogP contribution in [0.3, 0.4) is 0 Å². The van der Waals surface area contributed by atoms with Crippen LogP contribution >= 0.6 is 12.4 Å². The molecule has 2 saturated carbocycles. The van der Waals surface area contributed by atoms with Crippen LogP contribution in [0.25, 0.3) is 0 Å². The van der Waals surface area contributed by atoms with E-state index >= 15 is 0 Å². The molecule has 0 saturated heterocycles. The van der Waals surface area contributed by atoms with Gasteiger partial charge in [-0.2, -0.15) is 0 Å². The maximum absolute atomic E-state index is 12.4. The molecule has 0 aliphatic heterocycles. The van der Waals surface area contributed by atoms with Gasteiger partial charge in [0.2, 0.25) is 5.91 Å². The number of hydrogen-bond donors (Lipinski definition) is 1. The summed E-state index contributed by atoms with van der Waals surface area (Å²) < 4.78 is 0. The van der Waals surface area contributed by atoms with Gasteiger partial charge in [-0.3, -0.25) is 4.79 Å². The van der Waals surface area contributed by atoms with E-state index < -0.39 is 0 Å². The molecule has 2 fully saturated rings. The molecule has 1 amide bonds. The first-order valence-electron chi connectivity index (χ1n) is 7.04. The van der Waals surface area contributed by atoms with Gasteiger partial charge in [0, 0.05) is 19.1 Å². The molecule has 2 atom stereocenters. The number of rotatable bonds is 3. The quantitative estimate of drug-likeness (QED) is 0.860. The lowest BCUT2D eigenvalue weighted by molar-refractivity contribution is -0.138. The highest BCUT2D eigenvalue weighted by Crippen LogP contribution is 2.33. The zero-order valence-corrected chi connectivity index (χ0v) is 12.5. The topological polar surface area (TPSA) is 46.3 Å². The van der Waals surface area contributed by atoms with Crippen molar-refractivity contribution < 1.29 is 4.79 Å². The van der Waals surface area contributed by atoms with Crippen LogP contribution in [0.15, 0.2) is 0 Å². The molecule has 0 radical (unpaired) electrons. The van der Waals surface area contributed by atoms with Crippen molar-refractivity contribution in [3.05, 3.63) is 0 Å². The minimum atomic E-state index is -0.288. The normalized spacial score (nSPS) is 32.3. The van der Waals surface area contributed by atoms with Crippen LogP contribution in [0.4, 0.5) is 0 Å². The van der Waals surface area contributed by atoms with Gasteiger partial charge < -0.3 is 10.6 Å². The van der Waals surface area contributed by atoms with E-state index in [1.54, 1.807) is 0 Å². The third-order valence-corrected chi connectivity index (χ3v) is 4.69. The standard InChI is InChI=1S/C14H26N2O.ClH/c1-14(15)9-4-3-8-12(14)13(17)16(2)10-11-6-5-7-11;/h11-12H,3-10,15H2,1-2H3;1H. The van der Waals surface area contributed by atoms with Crippen molar-refractivity contribution in [1.29, 1.82) is 0 Å². The second-order valence-electron chi connectivity index (χ2n) is 6.32. The molecule has 0 aromatic heterocycles. The Labute approximate surface area is 117 Å². The predicted molar refractivity (Wildman–Crippen MR) is 76.8 cm³/mol. The molecule has 4 heteroatoms. The molecule has 2 rings (SSSR count). The summed E-state index contributed by atoms with van der Waals surface area (Å²) in [6, 6.07) is 0. The van der Waals surface area contributed by atoms with E-state index in [-0.39, 0.29) is 29.8 Å². The lowest BCUT2D eigenvalue weighted by atomic mass is 9.74. The van der Waals surface area contributed by atoms with Gasteiger partial charge in [0.05, 0.1) is 5.92 Å². The summed E-state index contributed by atoms with van der Waals surface area (Å²) in [5, 5.41) is 0. The van der Waals surface area contributed by atoms with Gasteiger partial charge in [-0.25, -0.2) is 0 Å². The van der Waals surface area contributed by atoms with Gasteiger partial charge in [0.15, 0.2) is 0 Å². The molecule has 2 aliphatic carbocycles. The first-order valence-corrected chi connectivity index (χ1v) is 7.04. The van der Waals surface area contributed by atoms with Crippen molar-refractivity contribution in [2.45, 2.75) is 57.4 Å². The van der Waals surface area contributed by atoms with Crippen LogP contribution < -0.4 is 5.73 Å². The summed E-state index contributed by atoms with van der Waals surface area (Å²) in [7, 11) is 1.95. The highest BCUT2D eigenvalue weighted by Gasteiger charge is 2.39. The maximum Gasteiger partial charge on any atom is 0.227 e. The third-order valence-electron chi connectivity index (χ3n) is 4.69. The predicted octanol–water partition coefficient (Wildman–Crippen LogP) is 2.57. The average Bonchev–Trinajstić information content (AvgIpc) is 2.21. The number of carbonyl (C=O) groups is 1. The van der Waals surface area contributed by atoms with E-state index in [1.807, 2.05) is 18.9 Å². The van der Waals surface area contributed by atoms with Crippen molar-refractivity contribution in [3.8, 4) is 0 Å². The Morgan fingerprint density at radius 1 is 1.28 bits per heavy atom. The Kier molecular flexibility index (Phi) is 5.47. The Morgan fingerprint density at radius 3 is 2.44 bits per heavy atom. The Balaban J connectivity index is 0.00000162. The number of amides is 1. The molecule has 0 aromatic carbocycles. The van der Waals surface area contributed by atoms with E-state index in [2.05, 4.69) is 0 Å². The summed E-state index contributed by atoms with van der Waals surface area (Å²) in [5.74, 6) is 1.07. The monoisotopic (exact) mass is 274 g/mol. The second-order valence-corrected chi connectivity index (χ2v) is 6.32. The molecule has 0 spiro atoms. The van der Waals surface area contributed by atoms with Crippen LogP contribution in [0.1, 0.15) is 51.9 Å². The molecule has 2 unspecified atom stereocenters. The zero-order valence-electron chi connectivity index (χ0n) is 11.7. The van der Waals surface area contributed by atoms with E-state index in [9.17, 15) is 4.79 Å². The van der Waals surface area contributed by atoms with Gasteiger partial charge in [0.25, 0.3) is 0 Å². The Hall–Kier alpha value is -0.280. The largest absolute Gasteiger partial charge is 0.345 e. The molecule has 0 bridgehead atoms. The van der Waals surface area contributed by atoms with E-state index in [1.165, 1.54) is 25.7 Å². The van der Waals surface area contributed by atoms with E-state index in [0.717, 1.165) is 31.7 Å². The molecular weight excluding hydrogens is 248 g/mol. The van der Waals surface area contributed by atoms with Crippen LogP contribution in [0.5, 0.6) is 0 Å². The van der Waals surface area contributed by atoms with E-state index in [0.29, 0.717) is 0 Å². The minimum Gasteiger partial charge on any atom is -0.345 e. The zero-order chi connectivity index (χ0) is 12.5. The van der Waals surface area contributed by atoms with Gasteiger partial charge >= 0.3 is 0 Å². The smallest absolute Gasteiger partial charge is 0.227 e. The summed E-state index contributed by atoms with van der Waals surface area (Å²) in [4.78, 5) is 14.4. The summed E-state index contributed by atoms with van der Waals surface area (Å²) in [5.41, 5.74) is 6.00. The summed E-state index contributed by atoms with van der Waals surface area (Å²) >= 11 is 0. The SMILES string of the molecule is CN(CC1CCC1)C(=O)C1CCCCC1(C)N.Cl. The van der Waals surface area contributed by atoms with Gasteiger partial charge in [-0.1, -0.05) is 19.3 Å². The van der Waals surface area contributed by atoms with Crippen LogP contribution in [0, 0.1) is 11.8 Å². The molecule has 3 nitrogen and oxygen atoms in total. The van der Waals surface area contributed by atoms with Gasteiger partial charge in [0.1, 0.15) is 0 Å². The Morgan fingerprint density at radius 2 is 1.94 bits per heavy atom. The molecule has 0 aromatic rings. The van der Waals surface area contributed by atoms with Gasteiger partial charge in [-0.05, 0) is 38.5 Å². The maximum atomic E-state index is 12.4. The number of nitrogens with zero attached hydrogens (tertiary/aromatic N) is 1. The Bertz CT molecular complexity index is 290. The first kappa shape index (κ1) is 15.8. The van der Waals surface area contributed by atoms with Crippen molar-refractivity contribution in [2.75, 3.05) is 13.6 Å². The fraction of sp³-hybridized carbons (Fsp3) is 0.929. The fourth-order valence-corrected chi connectivity index (χ4v) is 3.18. The van der Waals surface area contributed by atoms with Crippen molar-refractivity contribution in [1.82, 2.24) is 4.90 Å². The average molecular weight is 275 g/mol. The number of hydrogen-bond acceptors (Lipinski definition) is 2. The van der Waals surface area contributed by atoms with E-state index in [4.69, 9.17) is 5.73 Å². The van der Waals surface area contributed by atoms with Crippen molar-refractivity contribution in [2.24, 2.45) is 17.6 Å². The third kappa shape index (κ3) is 3.39. The fourth-order valence-electron chi connectivity index (χ4n) is 3.18. The van der Waals surface area contributed by atoms with Crippen LogP contribution in [0.2, 0.25) is 0 Å². The lowest BCUT2D eigenvalue weighted by Gasteiger charge is -2.40. The molecular formula is C14H27ClN2O. The summed E-state index contributed by atoms with van der Waals surface area (Å²) in [6.45, 7) is 2.98. The summed E-state index contributed by atoms with van der Waals surface area (Å²) in [6.07, 6.45) is 8.21. The van der Waals surface area contributed by atoms with Crippen LogP contribution in [-0.4, -0.2) is 29.9 Å². The lowest BCUT2D eigenvalue weighted by Crippen LogP contribution is -2.53. The minimum absolute atomic E-state index is 0. The number of halogens is 1. The van der Waals surface area contributed by atoms with Crippen LogP contribution in [-0.2, 0) is 4.79 Å². The first-order chi connectivity index (χ1) is 8.00. The number of carbonyl (C=O) groups excluding carboxylic acids is 1. The highest BCUT2D eigenvalue weighted by atomic mass is 35.5. The molecule has 18 heavy (non-hydrogen) atoms. The molecule has 2 N–H and O–H groups in total. The molecule has 0 heterocycles. The van der Waals surface area contributed by atoms with Crippen molar-refractivity contribution in [3.63, 3.8) is 0 Å². The number of nitrogens with two attached hydrogens (primary N) is 1. The molecule has 2 aliphatic rings. The second kappa shape index (κ2) is 6.25.